The van der Waals surface area contributed by atoms with Gasteiger partial charge in [0.1, 0.15) is 17.6 Å². The lowest BCUT2D eigenvalue weighted by Gasteiger charge is -2.45. The van der Waals surface area contributed by atoms with Gasteiger partial charge in [-0.15, -0.1) is 0 Å². The van der Waals surface area contributed by atoms with E-state index in [1.807, 2.05) is 0 Å². The van der Waals surface area contributed by atoms with Crippen molar-refractivity contribution in [2.75, 3.05) is 13.7 Å². The number of ether oxygens (including phenoxy) is 5. The van der Waals surface area contributed by atoms with Gasteiger partial charge in [-0.1, -0.05) is 36.4 Å². The number of phosphoric acid groups is 1. The summed E-state index contributed by atoms with van der Waals surface area (Å²) in [5, 5.41) is 0. The van der Waals surface area contributed by atoms with Crippen LogP contribution in [0.5, 0.6) is 11.5 Å². The van der Waals surface area contributed by atoms with Gasteiger partial charge in [-0.05, 0) is 24.3 Å². The molecule has 1 aliphatic heterocycles. The van der Waals surface area contributed by atoms with E-state index in [0.717, 1.165) is 20.8 Å². The van der Waals surface area contributed by atoms with Crippen LogP contribution >= 0.6 is 7.82 Å². The summed E-state index contributed by atoms with van der Waals surface area (Å²) < 4.78 is 72.8. The molecule has 14 heteroatoms. The normalized spacial score (nSPS) is 23.4. The summed E-state index contributed by atoms with van der Waals surface area (Å²) in [7, 11) is -3.48. The molecule has 1 aliphatic rings. The number of phosphoric ester groups is 1. The van der Waals surface area contributed by atoms with E-state index in [9.17, 15) is 18.9 Å². The second-order valence-electron chi connectivity index (χ2n) is 8.52. The number of carbonyl (C=O) groups excluding carboxylic acids is 3. The number of benzene rings is 2. The van der Waals surface area contributed by atoms with Gasteiger partial charge in [0.05, 0.1) is 6.61 Å². The molecule has 5 unspecified atom stereocenters. The van der Waals surface area contributed by atoms with Crippen LogP contribution in [0.2, 0.25) is 0 Å². The molecule has 0 bridgehead atoms. The Labute approximate surface area is 230 Å². The molecule has 6 atom stereocenters. The van der Waals surface area contributed by atoms with Crippen LogP contribution in [0.4, 0.5) is 4.39 Å². The van der Waals surface area contributed by atoms with E-state index < -0.39 is 69.2 Å². The fourth-order valence-electron chi connectivity index (χ4n) is 3.84. The molecular formula is C26H30FO12P. The van der Waals surface area contributed by atoms with Crippen LogP contribution < -0.4 is 9.05 Å². The molecule has 218 valence electrons. The molecule has 0 radical (unpaired) electrons. The van der Waals surface area contributed by atoms with Gasteiger partial charge in [0, 0.05) is 27.9 Å². The monoisotopic (exact) mass is 584 g/mol. The van der Waals surface area contributed by atoms with E-state index in [1.54, 1.807) is 36.4 Å². The van der Waals surface area contributed by atoms with Crippen LogP contribution in [-0.2, 0) is 47.2 Å². The molecule has 2 aromatic rings. The molecule has 12 nitrogen and oxygen atoms in total. The second kappa shape index (κ2) is 14.2. The van der Waals surface area contributed by atoms with Crippen molar-refractivity contribution in [1.29, 1.82) is 0 Å². The average Bonchev–Trinajstić information content (AvgIpc) is 2.87. The Kier molecular flexibility index (Phi) is 11.0. The zero-order valence-electron chi connectivity index (χ0n) is 22.2. The van der Waals surface area contributed by atoms with Gasteiger partial charge in [-0.25, -0.2) is 13.5 Å². The summed E-state index contributed by atoms with van der Waals surface area (Å²) in [4.78, 5) is 36.0. The number of carbonyl (C=O) groups is 3. The molecule has 1 fully saturated rings. The predicted octanol–water partition coefficient (Wildman–Crippen LogP) is 3.77. The number of esters is 3. The van der Waals surface area contributed by atoms with Crippen molar-refractivity contribution in [2.24, 2.45) is 0 Å². The highest BCUT2D eigenvalue weighted by molar-refractivity contribution is 7.49. The predicted molar refractivity (Wildman–Crippen MR) is 135 cm³/mol. The highest BCUT2D eigenvalue weighted by Gasteiger charge is 2.57. The Bertz CT molecular complexity index is 1140. The van der Waals surface area contributed by atoms with Crippen LogP contribution in [0.1, 0.15) is 20.8 Å². The minimum absolute atomic E-state index is 0.0789. The second-order valence-corrected chi connectivity index (χ2v) is 9.99. The van der Waals surface area contributed by atoms with Crippen molar-refractivity contribution < 1.29 is 60.6 Å². The fraction of sp³-hybridized carbons (Fsp3) is 0.423. The number of methoxy groups -OCH3 is 1. The van der Waals surface area contributed by atoms with Crippen LogP contribution in [-0.4, -0.2) is 68.5 Å². The van der Waals surface area contributed by atoms with Crippen molar-refractivity contribution >= 4 is 25.7 Å². The SMILES string of the molecule is COC[C@H](F)C1OC(OP(=O)(Oc2ccccc2)Oc2ccccc2)C(OC(C)=O)C(OC(C)=O)C1OC(C)=O. The Morgan fingerprint density at radius 2 is 1.25 bits per heavy atom. The van der Waals surface area contributed by atoms with Crippen LogP contribution in [0.15, 0.2) is 60.7 Å². The Hall–Kier alpha value is -3.51. The first kappa shape index (κ1) is 31.0. The largest absolute Gasteiger partial charge is 0.590 e. The summed E-state index contributed by atoms with van der Waals surface area (Å²) in [6, 6.07) is 15.7. The molecule has 2 aromatic carbocycles. The van der Waals surface area contributed by atoms with Crippen molar-refractivity contribution in [3.05, 3.63) is 60.7 Å². The van der Waals surface area contributed by atoms with Gasteiger partial charge in [0.2, 0.25) is 6.29 Å². The molecule has 0 spiro atoms. The first-order chi connectivity index (χ1) is 19.0. The summed E-state index contributed by atoms with van der Waals surface area (Å²) in [6.07, 6.45) is -10.5. The maximum Gasteiger partial charge on any atom is 0.590 e. The summed E-state index contributed by atoms with van der Waals surface area (Å²) >= 11 is 0. The number of hydrogen-bond acceptors (Lipinski definition) is 12. The molecule has 1 saturated heterocycles. The highest BCUT2D eigenvalue weighted by atomic mass is 31.2. The molecular weight excluding hydrogens is 554 g/mol. The van der Waals surface area contributed by atoms with Crippen LogP contribution in [0.3, 0.4) is 0 Å². The lowest BCUT2D eigenvalue weighted by atomic mass is 9.95. The number of rotatable bonds is 12. The minimum Gasteiger partial charge on any atom is -0.456 e. The Morgan fingerprint density at radius 1 is 0.800 bits per heavy atom. The molecule has 0 aromatic heterocycles. The first-order valence-corrected chi connectivity index (χ1v) is 13.5. The van der Waals surface area contributed by atoms with Gasteiger partial charge in [0.25, 0.3) is 0 Å². The third kappa shape index (κ3) is 8.75. The van der Waals surface area contributed by atoms with Crippen molar-refractivity contribution in [1.82, 2.24) is 0 Å². The molecule has 0 amide bonds. The Balaban J connectivity index is 2.07. The third-order valence-corrected chi connectivity index (χ3v) is 6.61. The number of halogens is 1. The van der Waals surface area contributed by atoms with Crippen LogP contribution in [0, 0.1) is 0 Å². The van der Waals surface area contributed by atoms with Crippen molar-refractivity contribution in [3.8, 4) is 11.5 Å². The van der Waals surface area contributed by atoms with Gasteiger partial charge < -0.3 is 32.7 Å². The van der Waals surface area contributed by atoms with E-state index in [-0.39, 0.29) is 11.5 Å². The van der Waals surface area contributed by atoms with Gasteiger partial charge in [0.15, 0.2) is 24.5 Å². The molecule has 3 rings (SSSR count). The summed E-state index contributed by atoms with van der Waals surface area (Å²) in [5.41, 5.74) is 0. The molecule has 0 saturated carbocycles. The van der Waals surface area contributed by atoms with Crippen molar-refractivity contribution in [2.45, 2.75) is 57.6 Å². The highest BCUT2D eigenvalue weighted by Crippen LogP contribution is 2.52. The number of hydrogen-bond donors (Lipinski definition) is 0. The smallest absolute Gasteiger partial charge is 0.456 e. The average molecular weight is 584 g/mol. The maximum absolute atomic E-state index is 15.3. The minimum atomic E-state index is -4.71. The molecule has 0 aliphatic carbocycles. The zero-order valence-corrected chi connectivity index (χ0v) is 23.1. The molecule has 0 N–H and O–H groups in total. The number of para-hydroxylation sites is 2. The standard InChI is InChI=1S/C26H30FO12P/c1-16(28)33-23-22(21(27)15-32-4)36-26(25(35-18(3)30)24(23)34-17(2)29)39-40(31,37-19-11-7-5-8-12-19)38-20-13-9-6-10-14-20/h5-14,21-26H,15H2,1-4H3/t21-,22?,23?,24?,25?,26?/m0/s1. The fourth-order valence-corrected chi connectivity index (χ4v) is 5.15. The van der Waals surface area contributed by atoms with Crippen molar-refractivity contribution in [3.63, 3.8) is 0 Å². The van der Waals surface area contributed by atoms with E-state index in [4.69, 9.17) is 37.3 Å². The lowest BCUT2D eigenvalue weighted by molar-refractivity contribution is -0.296. The quantitative estimate of drug-likeness (QED) is 0.204. The van der Waals surface area contributed by atoms with E-state index in [0.29, 0.717) is 0 Å². The molecule has 40 heavy (non-hydrogen) atoms. The summed E-state index contributed by atoms with van der Waals surface area (Å²) in [6.45, 7) is 2.60. The van der Waals surface area contributed by atoms with Crippen LogP contribution in [0.25, 0.3) is 0 Å². The van der Waals surface area contributed by atoms with E-state index >= 15 is 4.39 Å². The third-order valence-electron chi connectivity index (χ3n) is 5.27. The van der Waals surface area contributed by atoms with Gasteiger partial charge in [-0.2, -0.15) is 0 Å². The topological polar surface area (TPSA) is 142 Å². The van der Waals surface area contributed by atoms with E-state index in [1.165, 1.54) is 31.4 Å². The molecule has 1 heterocycles. The zero-order chi connectivity index (χ0) is 29.3. The van der Waals surface area contributed by atoms with Gasteiger partial charge >= 0.3 is 25.7 Å². The number of alkyl halides is 1. The lowest BCUT2D eigenvalue weighted by Crippen LogP contribution is -2.64. The maximum atomic E-state index is 15.3. The Morgan fingerprint density at radius 3 is 1.70 bits per heavy atom. The van der Waals surface area contributed by atoms with Gasteiger partial charge in [-0.3, -0.25) is 14.4 Å². The first-order valence-electron chi connectivity index (χ1n) is 12.1. The van der Waals surface area contributed by atoms with E-state index in [2.05, 4.69) is 0 Å². The summed E-state index contributed by atoms with van der Waals surface area (Å²) in [5.74, 6) is -2.49.